The van der Waals surface area contributed by atoms with Crippen molar-refractivity contribution in [3.05, 3.63) is 11.6 Å². The van der Waals surface area contributed by atoms with E-state index in [4.69, 9.17) is 5.11 Å². The number of carboxylic acid groups (broad SMARTS) is 1. The van der Waals surface area contributed by atoms with Crippen molar-refractivity contribution in [2.45, 2.75) is 33.7 Å². The largest absolute Gasteiger partial charge is 0.481 e. The van der Waals surface area contributed by atoms with E-state index in [0.29, 0.717) is 0 Å². The van der Waals surface area contributed by atoms with Crippen LogP contribution in [0.3, 0.4) is 0 Å². The summed E-state index contributed by atoms with van der Waals surface area (Å²) in [4.78, 5) is 21.8. The normalized spacial score (nSPS) is 14.0. The molecule has 0 heterocycles. The molecule has 0 rings (SSSR count). The molecular weight excluding hydrogens is 182 g/mol. The second kappa shape index (κ2) is 5.42. The Bertz CT molecular complexity index is 254. The van der Waals surface area contributed by atoms with E-state index in [-0.39, 0.29) is 11.9 Å². The van der Waals surface area contributed by atoms with Gasteiger partial charge in [0.25, 0.3) is 0 Å². The summed E-state index contributed by atoms with van der Waals surface area (Å²) in [6, 6.07) is -0.365. The molecule has 0 radical (unpaired) electrons. The fourth-order valence-corrected chi connectivity index (χ4v) is 0.867. The van der Waals surface area contributed by atoms with E-state index in [9.17, 15) is 9.59 Å². The van der Waals surface area contributed by atoms with Crippen LogP contribution in [0.15, 0.2) is 11.6 Å². The molecule has 0 saturated carbocycles. The van der Waals surface area contributed by atoms with E-state index in [1.54, 1.807) is 13.8 Å². The van der Waals surface area contributed by atoms with E-state index in [2.05, 4.69) is 5.32 Å². The number of hydrogen-bond donors (Lipinski definition) is 2. The first-order valence-electron chi connectivity index (χ1n) is 4.52. The Balaban J connectivity index is 4.19. The minimum absolute atomic E-state index is 0.245. The Hall–Kier alpha value is -1.32. The number of hydrogen-bond acceptors (Lipinski definition) is 2. The van der Waals surface area contributed by atoms with Crippen LogP contribution in [0.25, 0.3) is 0 Å². The molecule has 0 aliphatic carbocycles. The van der Waals surface area contributed by atoms with Crippen LogP contribution in [0.2, 0.25) is 0 Å². The molecule has 4 nitrogen and oxygen atoms in total. The highest BCUT2D eigenvalue weighted by Crippen LogP contribution is 2.02. The second-order valence-corrected chi connectivity index (χ2v) is 3.65. The van der Waals surface area contributed by atoms with Gasteiger partial charge in [-0.2, -0.15) is 0 Å². The molecule has 0 aromatic heterocycles. The fraction of sp³-hybridized carbons (Fsp3) is 0.600. The number of carbonyl (C=O) groups is 2. The summed E-state index contributed by atoms with van der Waals surface area (Å²) in [6.07, 6.45) is 1.45. The first-order chi connectivity index (χ1) is 6.34. The van der Waals surface area contributed by atoms with Crippen LogP contribution in [0.5, 0.6) is 0 Å². The first kappa shape index (κ1) is 12.7. The third-order valence-corrected chi connectivity index (χ3v) is 1.93. The van der Waals surface area contributed by atoms with Crippen molar-refractivity contribution in [1.29, 1.82) is 0 Å². The molecule has 0 spiro atoms. The van der Waals surface area contributed by atoms with Crippen molar-refractivity contribution in [3.63, 3.8) is 0 Å². The second-order valence-electron chi connectivity index (χ2n) is 3.65. The van der Waals surface area contributed by atoms with Crippen molar-refractivity contribution >= 4 is 11.9 Å². The van der Waals surface area contributed by atoms with Crippen LogP contribution in [0, 0.1) is 5.92 Å². The summed E-state index contributed by atoms with van der Waals surface area (Å²) < 4.78 is 0. The van der Waals surface area contributed by atoms with E-state index in [1.807, 2.05) is 13.8 Å². The molecule has 0 saturated heterocycles. The molecular formula is C10H17NO3. The van der Waals surface area contributed by atoms with Gasteiger partial charge in [0.15, 0.2) is 0 Å². The predicted octanol–water partition coefficient (Wildman–Crippen LogP) is 1.18. The van der Waals surface area contributed by atoms with Gasteiger partial charge in [-0.25, -0.2) is 0 Å². The van der Waals surface area contributed by atoms with Gasteiger partial charge in [-0.3, -0.25) is 9.59 Å². The monoisotopic (exact) mass is 199 g/mol. The van der Waals surface area contributed by atoms with Crippen LogP contribution in [-0.2, 0) is 9.59 Å². The average molecular weight is 199 g/mol. The van der Waals surface area contributed by atoms with E-state index in [1.165, 1.54) is 6.08 Å². The fourth-order valence-electron chi connectivity index (χ4n) is 0.867. The zero-order chi connectivity index (χ0) is 11.3. The Morgan fingerprint density at radius 3 is 2.14 bits per heavy atom. The molecule has 0 aliphatic heterocycles. The maximum atomic E-state index is 11.2. The molecule has 0 aromatic rings. The van der Waals surface area contributed by atoms with Crippen molar-refractivity contribution < 1.29 is 14.7 Å². The summed E-state index contributed by atoms with van der Waals surface area (Å²) in [5.41, 5.74) is 0.887. The van der Waals surface area contributed by atoms with Gasteiger partial charge >= 0.3 is 5.97 Å². The number of rotatable bonds is 4. The van der Waals surface area contributed by atoms with Crippen LogP contribution >= 0.6 is 0 Å². The number of aliphatic carboxylic acids is 1. The molecule has 0 aromatic carbocycles. The van der Waals surface area contributed by atoms with Crippen LogP contribution < -0.4 is 5.32 Å². The Labute approximate surface area is 84.0 Å². The highest BCUT2D eigenvalue weighted by molar-refractivity contribution is 5.88. The standard InChI is InChI=1S/C10H17NO3/c1-6(2)5-9(12)11-8(4)7(3)10(13)14/h5,7-8H,1-4H3,(H,11,12)(H,13,14). The molecule has 2 N–H and O–H groups in total. The van der Waals surface area contributed by atoms with Gasteiger partial charge in [-0.05, 0) is 27.7 Å². The molecule has 0 fully saturated rings. The Morgan fingerprint density at radius 1 is 1.29 bits per heavy atom. The summed E-state index contributed by atoms with van der Waals surface area (Å²) in [7, 11) is 0. The third-order valence-electron chi connectivity index (χ3n) is 1.93. The van der Waals surface area contributed by atoms with Crippen molar-refractivity contribution in [3.8, 4) is 0 Å². The minimum atomic E-state index is -0.907. The number of amides is 1. The van der Waals surface area contributed by atoms with Gasteiger partial charge in [-0.1, -0.05) is 5.57 Å². The number of allylic oxidation sites excluding steroid dienone is 1. The van der Waals surface area contributed by atoms with Crippen LogP contribution in [0.1, 0.15) is 27.7 Å². The lowest BCUT2D eigenvalue weighted by molar-refractivity contribution is -0.142. The van der Waals surface area contributed by atoms with Crippen LogP contribution in [-0.4, -0.2) is 23.0 Å². The highest BCUT2D eigenvalue weighted by Gasteiger charge is 2.19. The third kappa shape index (κ3) is 4.64. The number of carbonyl (C=O) groups excluding carboxylic acids is 1. The first-order valence-corrected chi connectivity index (χ1v) is 4.52. The lowest BCUT2D eigenvalue weighted by Gasteiger charge is -2.16. The maximum Gasteiger partial charge on any atom is 0.308 e. The Kier molecular flexibility index (Phi) is 4.91. The minimum Gasteiger partial charge on any atom is -0.481 e. The predicted molar refractivity (Wildman–Crippen MR) is 53.8 cm³/mol. The summed E-state index contributed by atoms with van der Waals surface area (Å²) in [5.74, 6) is -1.73. The molecule has 0 bridgehead atoms. The summed E-state index contributed by atoms with van der Waals surface area (Å²) in [6.45, 7) is 6.86. The van der Waals surface area contributed by atoms with Crippen molar-refractivity contribution in [2.24, 2.45) is 5.92 Å². The average Bonchev–Trinajstić information content (AvgIpc) is 2.00. The van der Waals surface area contributed by atoms with E-state index >= 15 is 0 Å². The van der Waals surface area contributed by atoms with Gasteiger partial charge in [0.05, 0.1) is 5.92 Å². The smallest absolute Gasteiger partial charge is 0.308 e. The van der Waals surface area contributed by atoms with Gasteiger partial charge in [0, 0.05) is 12.1 Å². The SMILES string of the molecule is CC(C)=CC(=O)NC(C)C(C)C(=O)O. The summed E-state index contributed by atoms with van der Waals surface area (Å²) >= 11 is 0. The molecule has 80 valence electrons. The zero-order valence-electron chi connectivity index (χ0n) is 9.00. The maximum absolute atomic E-state index is 11.2. The number of carboxylic acids is 1. The van der Waals surface area contributed by atoms with Gasteiger partial charge in [0.2, 0.25) is 5.91 Å². The van der Waals surface area contributed by atoms with Gasteiger partial charge < -0.3 is 10.4 Å². The van der Waals surface area contributed by atoms with E-state index < -0.39 is 11.9 Å². The molecule has 2 unspecified atom stereocenters. The zero-order valence-corrected chi connectivity index (χ0v) is 9.00. The van der Waals surface area contributed by atoms with Gasteiger partial charge in [0.1, 0.15) is 0 Å². The van der Waals surface area contributed by atoms with E-state index in [0.717, 1.165) is 5.57 Å². The molecule has 14 heavy (non-hydrogen) atoms. The lowest BCUT2D eigenvalue weighted by Crippen LogP contribution is -2.39. The highest BCUT2D eigenvalue weighted by atomic mass is 16.4. The van der Waals surface area contributed by atoms with Crippen molar-refractivity contribution in [2.75, 3.05) is 0 Å². The molecule has 1 amide bonds. The lowest BCUT2D eigenvalue weighted by atomic mass is 10.0. The Morgan fingerprint density at radius 2 is 1.79 bits per heavy atom. The quantitative estimate of drug-likeness (QED) is 0.668. The summed E-state index contributed by atoms with van der Waals surface area (Å²) in [5, 5.41) is 11.3. The van der Waals surface area contributed by atoms with Gasteiger partial charge in [-0.15, -0.1) is 0 Å². The molecule has 4 heteroatoms. The number of nitrogens with one attached hydrogen (secondary N) is 1. The molecule has 2 atom stereocenters. The molecule has 0 aliphatic rings. The topological polar surface area (TPSA) is 66.4 Å². The van der Waals surface area contributed by atoms with Crippen LogP contribution in [0.4, 0.5) is 0 Å². The van der Waals surface area contributed by atoms with Crippen molar-refractivity contribution in [1.82, 2.24) is 5.32 Å².